The van der Waals surface area contributed by atoms with Gasteiger partial charge in [-0.2, -0.15) is 0 Å². The van der Waals surface area contributed by atoms with Gasteiger partial charge in [0, 0.05) is 11.7 Å². The van der Waals surface area contributed by atoms with Crippen LogP contribution in [0.5, 0.6) is 0 Å². The molecule has 9 heteroatoms. The molecular formula is C17H19ClF2N2O3S. The molecule has 0 aliphatic heterocycles. The Hall–Kier alpha value is -1.51. The number of alkyl halides is 1. The second-order valence-electron chi connectivity index (χ2n) is 7.01. The molecule has 0 saturated heterocycles. The molecule has 1 fully saturated rings. The van der Waals surface area contributed by atoms with E-state index in [1.54, 1.807) is 13.8 Å². The molecule has 2 aromatic rings. The van der Waals surface area contributed by atoms with Crippen LogP contribution in [0.1, 0.15) is 36.5 Å². The number of aromatic nitrogens is 2. The molecule has 1 aliphatic rings. The van der Waals surface area contributed by atoms with Crippen LogP contribution in [-0.2, 0) is 14.6 Å². The van der Waals surface area contributed by atoms with Crippen LogP contribution in [-0.4, -0.2) is 37.4 Å². The molecule has 0 bridgehead atoms. The van der Waals surface area contributed by atoms with Crippen molar-refractivity contribution in [2.24, 2.45) is 5.41 Å². The van der Waals surface area contributed by atoms with Crippen LogP contribution in [0.25, 0.3) is 0 Å². The van der Waals surface area contributed by atoms with Crippen LogP contribution in [0.15, 0.2) is 23.2 Å². The van der Waals surface area contributed by atoms with Gasteiger partial charge in [0.25, 0.3) is 0 Å². The van der Waals surface area contributed by atoms with Gasteiger partial charge in [0.2, 0.25) is 0 Å². The monoisotopic (exact) mass is 404 g/mol. The van der Waals surface area contributed by atoms with Crippen molar-refractivity contribution >= 4 is 21.4 Å². The first-order valence-electron chi connectivity index (χ1n) is 7.98. The third kappa shape index (κ3) is 3.77. The summed E-state index contributed by atoms with van der Waals surface area (Å²) < 4.78 is 56.6. The van der Waals surface area contributed by atoms with E-state index in [1.165, 1.54) is 18.2 Å². The first-order chi connectivity index (χ1) is 12.0. The van der Waals surface area contributed by atoms with E-state index in [9.17, 15) is 17.2 Å². The average molecular weight is 405 g/mol. The highest BCUT2D eigenvalue weighted by Crippen LogP contribution is 2.49. The predicted molar refractivity (Wildman–Crippen MR) is 93.3 cm³/mol. The van der Waals surface area contributed by atoms with Crippen molar-refractivity contribution < 1.29 is 21.9 Å². The zero-order valence-corrected chi connectivity index (χ0v) is 16.1. The number of hydrogen-bond donors (Lipinski definition) is 1. The molecule has 3 unspecified atom stereocenters. The Kier molecular flexibility index (Phi) is 4.87. The van der Waals surface area contributed by atoms with Crippen LogP contribution < -0.4 is 0 Å². The molecule has 1 saturated carbocycles. The number of H-pyrrole nitrogens is 1. The number of nitrogens with one attached hydrogen (secondary N) is 1. The molecule has 1 aromatic carbocycles. The summed E-state index contributed by atoms with van der Waals surface area (Å²) in [7, 11) is -3.53. The molecule has 3 rings (SSSR count). The zero-order valence-electron chi connectivity index (χ0n) is 14.5. The smallest absolute Gasteiger partial charge is 0.194 e. The number of hydrogen-bond acceptors (Lipinski definition) is 4. The van der Waals surface area contributed by atoms with Gasteiger partial charge in [0.1, 0.15) is 23.9 Å². The van der Waals surface area contributed by atoms with E-state index < -0.39 is 33.3 Å². The van der Waals surface area contributed by atoms with Crippen molar-refractivity contribution in [2.45, 2.75) is 37.6 Å². The van der Waals surface area contributed by atoms with Crippen molar-refractivity contribution in [1.82, 2.24) is 9.97 Å². The minimum absolute atomic E-state index is 0.0877. The fourth-order valence-electron chi connectivity index (χ4n) is 2.73. The fourth-order valence-corrected chi connectivity index (χ4v) is 3.79. The Morgan fingerprint density at radius 2 is 2.15 bits per heavy atom. The van der Waals surface area contributed by atoms with Gasteiger partial charge in [-0.25, -0.2) is 22.2 Å². The maximum atomic E-state index is 13.5. The van der Waals surface area contributed by atoms with E-state index in [0.29, 0.717) is 17.7 Å². The summed E-state index contributed by atoms with van der Waals surface area (Å²) in [6, 6.07) is 4.06. The Labute approximate surface area is 155 Å². The van der Waals surface area contributed by atoms with E-state index in [4.69, 9.17) is 16.3 Å². The number of aromatic amines is 1. The lowest BCUT2D eigenvalue weighted by Gasteiger charge is -2.19. The van der Waals surface area contributed by atoms with E-state index in [0.717, 1.165) is 6.26 Å². The standard InChI is InChI=1S/C17H19ClF2N2O3S/c1-9-16(26(3,23)24)22-15(21-9)14(25-8-17(2)7-13(17)20)10-4-5-12(19)11(18)6-10/h4-6,13-14H,7-8H2,1-3H3,(H,21,22). The maximum Gasteiger partial charge on any atom is 0.194 e. The van der Waals surface area contributed by atoms with Crippen molar-refractivity contribution in [3.05, 3.63) is 46.1 Å². The normalized spacial score (nSPS) is 23.8. The lowest BCUT2D eigenvalue weighted by molar-refractivity contribution is 0.0377. The number of benzene rings is 1. The summed E-state index contributed by atoms with van der Waals surface area (Å²) in [5, 5.41) is -0.181. The molecule has 1 heterocycles. The van der Waals surface area contributed by atoms with Crippen molar-refractivity contribution in [3.63, 3.8) is 0 Å². The first-order valence-corrected chi connectivity index (χ1v) is 10.3. The SMILES string of the molecule is Cc1[nH]c(C(OCC2(C)CC2F)c2ccc(F)c(Cl)c2)nc1S(C)(=O)=O. The van der Waals surface area contributed by atoms with Crippen LogP contribution in [0.2, 0.25) is 5.02 Å². The molecule has 5 nitrogen and oxygen atoms in total. The van der Waals surface area contributed by atoms with Crippen LogP contribution in [0.4, 0.5) is 8.78 Å². The molecule has 1 N–H and O–H groups in total. The predicted octanol–water partition coefficient (Wildman–Crippen LogP) is 3.77. The number of halogens is 3. The molecule has 0 amide bonds. The summed E-state index contributed by atoms with van der Waals surface area (Å²) in [6.07, 6.45) is -0.309. The van der Waals surface area contributed by atoms with E-state index in [1.807, 2.05) is 0 Å². The molecular weight excluding hydrogens is 386 g/mol. The highest BCUT2D eigenvalue weighted by Gasteiger charge is 2.51. The minimum Gasteiger partial charge on any atom is -0.365 e. The van der Waals surface area contributed by atoms with Gasteiger partial charge in [-0.05, 0) is 31.0 Å². The van der Waals surface area contributed by atoms with E-state index in [2.05, 4.69) is 9.97 Å². The molecule has 26 heavy (non-hydrogen) atoms. The molecule has 142 valence electrons. The summed E-state index contributed by atoms with van der Waals surface area (Å²) in [5.74, 6) is -0.343. The zero-order chi connectivity index (χ0) is 19.3. The van der Waals surface area contributed by atoms with Gasteiger partial charge in [0.15, 0.2) is 14.9 Å². The van der Waals surface area contributed by atoms with Crippen LogP contribution >= 0.6 is 11.6 Å². The quantitative estimate of drug-likeness (QED) is 0.795. The Balaban J connectivity index is 1.98. The number of aryl methyl sites for hydroxylation is 1. The second kappa shape index (κ2) is 6.58. The van der Waals surface area contributed by atoms with Gasteiger partial charge in [-0.15, -0.1) is 0 Å². The Morgan fingerprint density at radius 3 is 2.65 bits per heavy atom. The Morgan fingerprint density at radius 1 is 1.50 bits per heavy atom. The van der Waals surface area contributed by atoms with Crippen molar-refractivity contribution in [3.8, 4) is 0 Å². The van der Waals surface area contributed by atoms with E-state index >= 15 is 0 Å². The van der Waals surface area contributed by atoms with Crippen LogP contribution in [0, 0.1) is 18.2 Å². The number of imidazole rings is 1. The highest BCUT2D eigenvalue weighted by atomic mass is 35.5. The summed E-state index contributed by atoms with van der Waals surface area (Å²) in [6.45, 7) is 3.46. The minimum atomic E-state index is -3.53. The van der Waals surface area contributed by atoms with Crippen molar-refractivity contribution in [2.75, 3.05) is 12.9 Å². The number of ether oxygens (including phenoxy) is 1. The third-order valence-corrected chi connectivity index (χ3v) is 5.92. The van der Waals surface area contributed by atoms with Gasteiger partial charge in [-0.1, -0.05) is 24.6 Å². The van der Waals surface area contributed by atoms with Gasteiger partial charge in [-0.3, -0.25) is 0 Å². The summed E-state index contributed by atoms with van der Waals surface area (Å²) in [4.78, 5) is 7.06. The number of nitrogens with zero attached hydrogens (tertiary/aromatic N) is 1. The van der Waals surface area contributed by atoms with E-state index in [-0.39, 0.29) is 22.5 Å². The summed E-state index contributed by atoms with van der Waals surface area (Å²) in [5.41, 5.74) is 0.277. The van der Waals surface area contributed by atoms with Gasteiger partial charge in [0.05, 0.1) is 17.3 Å². The third-order valence-electron chi connectivity index (χ3n) is 4.53. The van der Waals surface area contributed by atoms with Crippen LogP contribution in [0.3, 0.4) is 0 Å². The van der Waals surface area contributed by atoms with Gasteiger partial charge < -0.3 is 9.72 Å². The molecule has 1 aromatic heterocycles. The molecule has 3 atom stereocenters. The topological polar surface area (TPSA) is 72.0 Å². The lowest BCUT2D eigenvalue weighted by Crippen LogP contribution is -2.16. The molecule has 0 spiro atoms. The average Bonchev–Trinajstić information content (AvgIpc) is 2.93. The highest BCUT2D eigenvalue weighted by molar-refractivity contribution is 7.90. The first kappa shape index (κ1) is 19.3. The fraction of sp³-hybridized carbons (Fsp3) is 0.471. The molecule has 1 aliphatic carbocycles. The van der Waals surface area contributed by atoms with Crippen molar-refractivity contribution in [1.29, 1.82) is 0 Å². The van der Waals surface area contributed by atoms with Gasteiger partial charge >= 0.3 is 0 Å². The summed E-state index contributed by atoms with van der Waals surface area (Å²) >= 11 is 5.86. The molecule has 0 radical (unpaired) electrons. The lowest BCUT2D eigenvalue weighted by atomic mass is 10.1. The largest absolute Gasteiger partial charge is 0.365 e. The Bertz CT molecular complexity index is 947. The second-order valence-corrected chi connectivity index (χ2v) is 9.35. The number of rotatable bonds is 6. The number of sulfone groups is 1. The maximum absolute atomic E-state index is 13.5.